The Hall–Kier alpha value is -1.88. The third-order valence-corrected chi connectivity index (χ3v) is 2.77. The van der Waals surface area contributed by atoms with Crippen molar-refractivity contribution < 1.29 is 4.39 Å². The van der Waals surface area contributed by atoms with Gasteiger partial charge < -0.3 is 5.32 Å². The highest BCUT2D eigenvalue weighted by Crippen LogP contribution is 2.16. The van der Waals surface area contributed by atoms with E-state index < -0.39 is 0 Å². The van der Waals surface area contributed by atoms with E-state index in [1.165, 1.54) is 12.1 Å². The smallest absolute Gasteiger partial charge is 0.269 e. The summed E-state index contributed by atoms with van der Waals surface area (Å²) in [5.74, 6) is -0.313. The summed E-state index contributed by atoms with van der Waals surface area (Å²) in [4.78, 5) is 11.6. The van der Waals surface area contributed by atoms with E-state index >= 15 is 0 Å². The first-order valence-electron chi connectivity index (χ1n) is 5.05. The number of hydrogen-bond donors (Lipinski definition) is 2. The van der Waals surface area contributed by atoms with Crippen molar-refractivity contribution in [2.75, 3.05) is 0 Å². The monoisotopic (exact) mass is 219 g/mol. The summed E-state index contributed by atoms with van der Waals surface area (Å²) in [5.41, 5.74) is 2.16. The van der Waals surface area contributed by atoms with Crippen molar-refractivity contribution in [2.45, 2.75) is 13.1 Å². The molecular weight excluding hydrogens is 209 g/mol. The minimum atomic E-state index is -0.313. The fraction of sp³-hybridized carbons (Fsp3) is 0.182. The van der Waals surface area contributed by atoms with Crippen LogP contribution in [0.3, 0.4) is 0 Å². The first-order chi connectivity index (χ1) is 7.75. The highest BCUT2D eigenvalue weighted by Gasteiger charge is 2.20. The van der Waals surface area contributed by atoms with Crippen molar-refractivity contribution >= 4 is 0 Å². The predicted molar refractivity (Wildman–Crippen MR) is 56.9 cm³/mol. The van der Waals surface area contributed by atoms with Gasteiger partial charge in [-0.3, -0.25) is 14.6 Å². The minimum absolute atomic E-state index is 0.107. The lowest BCUT2D eigenvalue weighted by Gasteiger charge is -2.05. The van der Waals surface area contributed by atoms with E-state index in [2.05, 4.69) is 10.4 Å². The molecule has 16 heavy (non-hydrogen) atoms. The van der Waals surface area contributed by atoms with Crippen LogP contribution in [0.4, 0.5) is 4.39 Å². The van der Waals surface area contributed by atoms with E-state index in [4.69, 9.17) is 0 Å². The van der Waals surface area contributed by atoms with Gasteiger partial charge in [-0.05, 0) is 18.2 Å². The van der Waals surface area contributed by atoms with Crippen LogP contribution in [0.25, 0.3) is 5.69 Å². The maximum Gasteiger partial charge on any atom is 0.269 e. The number of H-pyrrole nitrogens is 1. The SMILES string of the molecule is O=c1[nH]n(-c2cccc(F)c2)c2c1CNC2. The number of nitrogens with zero attached hydrogens (tertiary/aromatic N) is 1. The second-order valence-electron chi connectivity index (χ2n) is 3.79. The summed E-state index contributed by atoms with van der Waals surface area (Å²) < 4.78 is 14.7. The summed E-state index contributed by atoms with van der Waals surface area (Å²) in [7, 11) is 0. The van der Waals surface area contributed by atoms with Gasteiger partial charge in [0.1, 0.15) is 5.82 Å². The van der Waals surface area contributed by atoms with Crippen molar-refractivity contribution in [2.24, 2.45) is 0 Å². The second-order valence-corrected chi connectivity index (χ2v) is 3.79. The van der Waals surface area contributed by atoms with Crippen LogP contribution in [0.15, 0.2) is 29.1 Å². The largest absolute Gasteiger partial charge is 0.307 e. The maximum atomic E-state index is 13.1. The Morgan fingerprint density at radius 1 is 1.31 bits per heavy atom. The van der Waals surface area contributed by atoms with Gasteiger partial charge >= 0.3 is 0 Å². The standard InChI is InChI=1S/C11H10FN3O/c12-7-2-1-3-8(4-7)15-10-6-13-5-9(10)11(16)14-15/h1-4,13H,5-6H2,(H,14,16). The molecule has 0 aliphatic carbocycles. The van der Waals surface area contributed by atoms with Crippen LogP contribution in [0.1, 0.15) is 11.3 Å². The molecule has 1 aliphatic heterocycles. The van der Waals surface area contributed by atoms with Crippen LogP contribution in [-0.4, -0.2) is 9.78 Å². The van der Waals surface area contributed by atoms with E-state index in [-0.39, 0.29) is 11.4 Å². The Morgan fingerprint density at radius 2 is 2.19 bits per heavy atom. The van der Waals surface area contributed by atoms with Gasteiger partial charge in [-0.1, -0.05) is 6.07 Å². The lowest BCUT2D eigenvalue weighted by molar-refractivity contribution is 0.623. The summed E-state index contributed by atoms with van der Waals surface area (Å²) in [6.45, 7) is 1.21. The van der Waals surface area contributed by atoms with E-state index in [9.17, 15) is 9.18 Å². The van der Waals surface area contributed by atoms with Gasteiger partial charge in [-0.25, -0.2) is 4.39 Å². The minimum Gasteiger partial charge on any atom is -0.307 e. The molecule has 2 aromatic rings. The molecule has 0 saturated carbocycles. The third kappa shape index (κ3) is 1.29. The molecule has 3 rings (SSSR count). The normalized spacial score (nSPS) is 14.1. The Bertz CT molecular complexity index is 600. The zero-order valence-corrected chi connectivity index (χ0v) is 8.46. The first kappa shape index (κ1) is 9.35. The lowest BCUT2D eigenvalue weighted by atomic mass is 10.2. The molecule has 1 aromatic heterocycles. The average molecular weight is 219 g/mol. The highest BCUT2D eigenvalue weighted by atomic mass is 19.1. The van der Waals surface area contributed by atoms with Crippen molar-refractivity contribution in [1.29, 1.82) is 0 Å². The van der Waals surface area contributed by atoms with Crippen LogP contribution in [0.5, 0.6) is 0 Å². The van der Waals surface area contributed by atoms with E-state index in [0.717, 1.165) is 11.3 Å². The van der Waals surface area contributed by atoms with Gasteiger partial charge in [-0.2, -0.15) is 0 Å². The maximum absolute atomic E-state index is 13.1. The molecule has 82 valence electrons. The van der Waals surface area contributed by atoms with Crippen LogP contribution in [-0.2, 0) is 13.1 Å². The average Bonchev–Trinajstić information content (AvgIpc) is 2.83. The number of hydrogen-bond acceptors (Lipinski definition) is 2. The molecule has 0 amide bonds. The van der Waals surface area contributed by atoms with Crippen LogP contribution < -0.4 is 10.9 Å². The highest BCUT2D eigenvalue weighted by molar-refractivity contribution is 5.36. The van der Waals surface area contributed by atoms with E-state index in [1.54, 1.807) is 16.8 Å². The molecule has 5 heteroatoms. The predicted octanol–water partition coefficient (Wildman–Crippen LogP) is 0.908. The molecule has 1 aliphatic rings. The Labute approximate surface area is 90.7 Å². The second kappa shape index (κ2) is 3.31. The molecule has 0 fully saturated rings. The molecule has 0 radical (unpaired) electrons. The molecule has 0 spiro atoms. The Kier molecular flexibility index (Phi) is 1.94. The van der Waals surface area contributed by atoms with Gasteiger partial charge in [0.25, 0.3) is 5.56 Å². The van der Waals surface area contributed by atoms with E-state index in [0.29, 0.717) is 18.8 Å². The summed E-state index contributed by atoms with van der Waals surface area (Å²) in [6, 6.07) is 6.16. The zero-order chi connectivity index (χ0) is 11.1. The Balaban J connectivity index is 2.21. The first-order valence-corrected chi connectivity index (χ1v) is 5.05. The number of aromatic nitrogens is 2. The summed E-state index contributed by atoms with van der Waals surface area (Å²) >= 11 is 0. The van der Waals surface area contributed by atoms with Crippen molar-refractivity contribution in [3.8, 4) is 5.69 Å². The van der Waals surface area contributed by atoms with Crippen LogP contribution in [0.2, 0.25) is 0 Å². The number of nitrogens with one attached hydrogen (secondary N) is 2. The molecule has 4 nitrogen and oxygen atoms in total. The van der Waals surface area contributed by atoms with Gasteiger partial charge in [0.2, 0.25) is 0 Å². The summed E-state index contributed by atoms with van der Waals surface area (Å²) in [6.07, 6.45) is 0. The zero-order valence-electron chi connectivity index (χ0n) is 8.46. The molecule has 2 heterocycles. The topological polar surface area (TPSA) is 49.8 Å². The van der Waals surface area contributed by atoms with Gasteiger partial charge in [-0.15, -0.1) is 0 Å². The van der Waals surface area contributed by atoms with Crippen LogP contribution >= 0.6 is 0 Å². The van der Waals surface area contributed by atoms with Crippen molar-refractivity contribution in [3.05, 3.63) is 51.7 Å². The lowest BCUT2D eigenvalue weighted by Crippen LogP contribution is -2.13. The summed E-state index contributed by atoms with van der Waals surface area (Å²) in [5, 5.41) is 5.81. The van der Waals surface area contributed by atoms with Crippen molar-refractivity contribution in [1.82, 2.24) is 15.1 Å². The number of aromatic amines is 1. The van der Waals surface area contributed by atoms with Gasteiger partial charge in [0.05, 0.1) is 16.9 Å². The fourth-order valence-electron chi connectivity index (χ4n) is 2.01. The van der Waals surface area contributed by atoms with Crippen LogP contribution in [0, 0.1) is 5.82 Å². The Morgan fingerprint density at radius 3 is 3.00 bits per heavy atom. The number of halogens is 1. The molecule has 1 aromatic carbocycles. The van der Waals surface area contributed by atoms with E-state index in [1.807, 2.05) is 0 Å². The third-order valence-electron chi connectivity index (χ3n) is 2.77. The van der Waals surface area contributed by atoms with Gasteiger partial charge in [0, 0.05) is 13.1 Å². The fourth-order valence-corrected chi connectivity index (χ4v) is 2.01. The molecule has 0 bridgehead atoms. The van der Waals surface area contributed by atoms with Crippen molar-refractivity contribution in [3.63, 3.8) is 0 Å². The molecule has 0 atom stereocenters. The molecular formula is C11H10FN3O. The molecule has 0 unspecified atom stereocenters. The number of fused-ring (bicyclic) bond motifs is 1. The molecule has 2 N–H and O–H groups in total. The number of benzene rings is 1. The van der Waals surface area contributed by atoms with Gasteiger partial charge in [0.15, 0.2) is 0 Å². The molecule has 0 saturated heterocycles. The quantitative estimate of drug-likeness (QED) is 0.749. The number of rotatable bonds is 1.